The first kappa shape index (κ1) is 29.4. The lowest BCUT2D eigenvalue weighted by atomic mass is 9.78. The Bertz CT molecular complexity index is 1270. The molecule has 0 unspecified atom stereocenters. The van der Waals surface area contributed by atoms with Crippen LogP contribution in [0.5, 0.6) is 0 Å². The van der Waals surface area contributed by atoms with E-state index in [9.17, 15) is 9.90 Å². The largest absolute Gasteiger partial charge is 0.497 e. The zero-order valence-corrected chi connectivity index (χ0v) is 25.0. The summed E-state index contributed by atoms with van der Waals surface area (Å²) in [4.78, 5) is 16.0. The number of ether oxygens (including phenoxy) is 1. The van der Waals surface area contributed by atoms with Gasteiger partial charge in [-0.2, -0.15) is 0 Å². The van der Waals surface area contributed by atoms with E-state index in [1.165, 1.54) is 12.8 Å². The predicted molar refractivity (Wildman–Crippen MR) is 163 cm³/mol. The second-order valence-electron chi connectivity index (χ2n) is 12.6. The molecule has 0 saturated heterocycles. The van der Waals surface area contributed by atoms with Gasteiger partial charge in [0.2, 0.25) is 5.91 Å². The van der Waals surface area contributed by atoms with E-state index in [0.717, 1.165) is 78.1 Å². The summed E-state index contributed by atoms with van der Waals surface area (Å²) in [5, 5.41) is 14.4. The zero-order valence-electron chi connectivity index (χ0n) is 25.0. The van der Waals surface area contributed by atoms with Crippen molar-refractivity contribution in [2.45, 2.75) is 90.1 Å². The average molecular weight is 559 g/mol. The monoisotopic (exact) mass is 558 g/mol. The van der Waals surface area contributed by atoms with Crippen molar-refractivity contribution < 1.29 is 19.2 Å². The van der Waals surface area contributed by atoms with Crippen LogP contribution in [0.1, 0.15) is 89.7 Å². The van der Waals surface area contributed by atoms with Gasteiger partial charge in [0, 0.05) is 35.7 Å². The third-order valence-electron chi connectivity index (χ3n) is 9.25. The summed E-state index contributed by atoms with van der Waals surface area (Å²) in [7, 11) is 1.70. The van der Waals surface area contributed by atoms with E-state index in [1.807, 2.05) is 37.0 Å². The van der Waals surface area contributed by atoms with Crippen LogP contribution in [0.2, 0.25) is 0 Å². The number of allylic oxidation sites excluding steroid dienone is 4. The SMILES string of the molecule is C=C(/C=C\C(OC)=C(C)C)C1CCC(CN(C(=O)C2CCC(O)CC2)c2cccc(-c3cc(C4CC4)on3)c2)CC1. The lowest BCUT2D eigenvalue weighted by molar-refractivity contribution is -0.124. The maximum absolute atomic E-state index is 14.0. The van der Waals surface area contributed by atoms with Gasteiger partial charge in [0.25, 0.3) is 0 Å². The molecule has 6 nitrogen and oxygen atoms in total. The summed E-state index contributed by atoms with van der Waals surface area (Å²) in [5.74, 6) is 3.41. The van der Waals surface area contributed by atoms with Crippen LogP contribution < -0.4 is 4.90 Å². The highest BCUT2D eigenvalue weighted by Crippen LogP contribution is 2.42. The zero-order chi connectivity index (χ0) is 28.9. The Balaban J connectivity index is 1.29. The molecule has 5 rings (SSSR count). The number of anilines is 1. The van der Waals surface area contributed by atoms with Gasteiger partial charge >= 0.3 is 0 Å². The van der Waals surface area contributed by atoms with Gasteiger partial charge in [-0.3, -0.25) is 4.79 Å². The highest BCUT2D eigenvalue weighted by Gasteiger charge is 2.33. The standard InChI is InChI=1S/C35H46N2O4/c1-23(2)33(40-4)19-8-24(3)26-11-9-25(10-12-26)22-37(35(39)28-15-17-31(38)18-16-28)30-7-5-6-29(20-30)32-21-34(41-36-32)27-13-14-27/h5-8,19-21,25-28,31,38H,3,9-18,22H2,1-2,4H3/b19-8-. The van der Waals surface area contributed by atoms with E-state index < -0.39 is 0 Å². The van der Waals surface area contributed by atoms with E-state index in [0.29, 0.717) is 37.1 Å². The number of carbonyl (C=O) groups is 1. The van der Waals surface area contributed by atoms with Gasteiger partial charge in [-0.1, -0.05) is 35.5 Å². The Morgan fingerprint density at radius 1 is 1.02 bits per heavy atom. The molecular formula is C35H46N2O4. The van der Waals surface area contributed by atoms with Gasteiger partial charge in [0.1, 0.15) is 17.2 Å². The number of aliphatic hydroxyl groups excluding tert-OH is 1. The minimum atomic E-state index is -0.280. The molecule has 0 radical (unpaired) electrons. The summed E-state index contributed by atoms with van der Waals surface area (Å²) in [5.41, 5.74) is 5.04. The third kappa shape index (κ3) is 7.40. The van der Waals surface area contributed by atoms with Crippen LogP contribution in [-0.4, -0.2) is 35.9 Å². The van der Waals surface area contributed by atoms with Crippen molar-refractivity contribution >= 4 is 11.6 Å². The normalized spacial score (nSPS) is 24.7. The fourth-order valence-electron chi connectivity index (χ4n) is 6.42. The number of methoxy groups -OCH3 is 1. The van der Waals surface area contributed by atoms with Crippen LogP contribution in [0.3, 0.4) is 0 Å². The summed E-state index contributed by atoms with van der Waals surface area (Å²) >= 11 is 0. The molecule has 1 N–H and O–H groups in total. The molecule has 2 aromatic rings. The molecule has 3 aliphatic carbocycles. The van der Waals surface area contributed by atoms with E-state index in [4.69, 9.17) is 9.26 Å². The Kier molecular flexibility index (Phi) is 9.49. The molecule has 1 aromatic heterocycles. The number of hydrogen-bond acceptors (Lipinski definition) is 5. The van der Waals surface area contributed by atoms with Crippen molar-refractivity contribution in [2.75, 3.05) is 18.6 Å². The molecule has 1 amide bonds. The van der Waals surface area contributed by atoms with E-state index in [-0.39, 0.29) is 17.9 Å². The minimum Gasteiger partial charge on any atom is -0.497 e. The molecule has 0 aliphatic heterocycles. The average Bonchev–Trinajstić information content (AvgIpc) is 3.72. The molecule has 220 valence electrons. The third-order valence-corrected chi connectivity index (χ3v) is 9.25. The van der Waals surface area contributed by atoms with Crippen LogP contribution in [0.25, 0.3) is 11.3 Å². The summed E-state index contributed by atoms with van der Waals surface area (Å²) in [6.07, 6.45) is 13.4. The van der Waals surface area contributed by atoms with E-state index in [1.54, 1.807) is 7.11 Å². The van der Waals surface area contributed by atoms with Gasteiger partial charge in [-0.15, -0.1) is 0 Å². The van der Waals surface area contributed by atoms with Gasteiger partial charge in [0.15, 0.2) is 0 Å². The van der Waals surface area contributed by atoms with Gasteiger partial charge in [0.05, 0.1) is 13.2 Å². The maximum atomic E-state index is 14.0. The highest BCUT2D eigenvalue weighted by molar-refractivity contribution is 5.95. The van der Waals surface area contributed by atoms with E-state index in [2.05, 4.69) is 36.0 Å². The lowest BCUT2D eigenvalue weighted by Gasteiger charge is -2.36. The quantitative estimate of drug-likeness (QED) is 0.236. The van der Waals surface area contributed by atoms with Crippen molar-refractivity contribution in [3.05, 3.63) is 71.7 Å². The lowest BCUT2D eigenvalue weighted by Crippen LogP contribution is -2.42. The highest BCUT2D eigenvalue weighted by atomic mass is 16.5. The second kappa shape index (κ2) is 13.2. The van der Waals surface area contributed by atoms with Crippen LogP contribution in [-0.2, 0) is 9.53 Å². The molecular weight excluding hydrogens is 512 g/mol. The summed E-state index contributed by atoms with van der Waals surface area (Å²) in [6, 6.07) is 10.3. The predicted octanol–water partition coefficient (Wildman–Crippen LogP) is 7.96. The number of benzene rings is 1. The van der Waals surface area contributed by atoms with E-state index >= 15 is 0 Å². The Labute approximate surface area is 245 Å². The molecule has 0 bridgehead atoms. The fraction of sp³-hybridized carbons (Fsp3) is 0.543. The number of nitrogens with zero attached hydrogens (tertiary/aromatic N) is 2. The molecule has 41 heavy (non-hydrogen) atoms. The summed E-state index contributed by atoms with van der Waals surface area (Å²) < 4.78 is 11.1. The smallest absolute Gasteiger partial charge is 0.230 e. The minimum absolute atomic E-state index is 0.0399. The Hall–Kier alpha value is -3.12. The Morgan fingerprint density at radius 2 is 1.73 bits per heavy atom. The van der Waals surface area contributed by atoms with Gasteiger partial charge < -0.3 is 19.3 Å². The van der Waals surface area contributed by atoms with Gasteiger partial charge in [-0.25, -0.2) is 0 Å². The van der Waals surface area contributed by atoms with Crippen molar-refractivity contribution in [3.63, 3.8) is 0 Å². The van der Waals surface area contributed by atoms with Crippen molar-refractivity contribution in [1.82, 2.24) is 5.16 Å². The first-order valence-electron chi connectivity index (χ1n) is 15.5. The van der Waals surface area contributed by atoms with Crippen LogP contribution in [0.15, 0.2) is 70.5 Å². The summed E-state index contributed by atoms with van der Waals surface area (Å²) in [6.45, 7) is 9.18. The number of aliphatic hydroxyl groups is 1. The molecule has 3 aliphatic rings. The number of carbonyl (C=O) groups excluding carboxylic acids is 1. The Morgan fingerprint density at radius 3 is 2.39 bits per heavy atom. The first-order chi connectivity index (χ1) is 19.8. The number of aromatic nitrogens is 1. The molecule has 0 spiro atoms. The van der Waals surface area contributed by atoms with Crippen LogP contribution in [0.4, 0.5) is 5.69 Å². The van der Waals surface area contributed by atoms with Crippen molar-refractivity contribution in [2.24, 2.45) is 17.8 Å². The maximum Gasteiger partial charge on any atom is 0.230 e. The fourth-order valence-corrected chi connectivity index (χ4v) is 6.42. The molecule has 3 saturated carbocycles. The molecule has 6 heteroatoms. The molecule has 1 aromatic carbocycles. The number of amides is 1. The molecule has 0 atom stereocenters. The number of hydrogen-bond donors (Lipinski definition) is 1. The van der Waals surface area contributed by atoms with Crippen LogP contribution in [0, 0.1) is 17.8 Å². The second-order valence-corrected chi connectivity index (χ2v) is 12.6. The topological polar surface area (TPSA) is 75.8 Å². The van der Waals surface area contributed by atoms with Crippen LogP contribution >= 0.6 is 0 Å². The van der Waals surface area contributed by atoms with Crippen molar-refractivity contribution in [3.8, 4) is 11.3 Å². The molecule has 3 fully saturated rings. The van der Waals surface area contributed by atoms with Gasteiger partial charge in [-0.05, 0) is 114 Å². The van der Waals surface area contributed by atoms with Crippen molar-refractivity contribution in [1.29, 1.82) is 0 Å². The first-order valence-corrected chi connectivity index (χ1v) is 15.5. The molecule has 1 heterocycles. The number of rotatable bonds is 10.